The highest BCUT2D eigenvalue weighted by atomic mass is 35.5. The molecule has 1 aliphatic heterocycles. The van der Waals surface area contributed by atoms with Crippen LogP contribution in [0.5, 0.6) is 0 Å². The molecule has 2 N–H and O–H groups in total. The van der Waals surface area contributed by atoms with Crippen LogP contribution in [0.2, 0.25) is 4.34 Å². The Morgan fingerprint density at radius 3 is 2.75 bits per heavy atom. The van der Waals surface area contributed by atoms with Crippen molar-refractivity contribution in [2.75, 3.05) is 13.1 Å². The monoisotopic (exact) mass is 314 g/mol. The summed E-state index contributed by atoms with van der Waals surface area (Å²) in [5.74, 6) is 0.894. The van der Waals surface area contributed by atoms with Crippen molar-refractivity contribution in [3.05, 3.63) is 21.3 Å². The molecule has 3 atom stereocenters. The molecule has 0 amide bonds. The van der Waals surface area contributed by atoms with Crippen LogP contribution in [0.1, 0.15) is 56.9 Å². The third-order valence-electron chi connectivity index (χ3n) is 4.62. The second-order valence-electron chi connectivity index (χ2n) is 5.90. The minimum atomic E-state index is 0.197. The molecule has 1 aromatic rings. The predicted molar refractivity (Wildman–Crippen MR) is 89.5 cm³/mol. The summed E-state index contributed by atoms with van der Waals surface area (Å²) in [7, 11) is 0. The molecule has 0 bridgehead atoms. The summed E-state index contributed by atoms with van der Waals surface area (Å²) in [4.78, 5) is 3.94. The lowest BCUT2D eigenvalue weighted by Gasteiger charge is -2.34. The largest absolute Gasteiger partial charge is 0.326 e. The highest BCUT2D eigenvalue weighted by molar-refractivity contribution is 7.16. The molecule has 0 radical (unpaired) electrons. The zero-order valence-electron chi connectivity index (χ0n) is 12.6. The van der Waals surface area contributed by atoms with Crippen molar-refractivity contribution in [1.82, 2.24) is 4.90 Å². The van der Waals surface area contributed by atoms with Crippen LogP contribution in [-0.2, 0) is 0 Å². The molecule has 0 aromatic carbocycles. The molecule has 1 aromatic heterocycles. The number of nitrogens with two attached hydrogens (primary N) is 1. The zero-order valence-corrected chi connectivity index (χ0v) is 14.2. The van der Waals surface area contributed by atoms with Crippen molar-refractivity contribution >= 4 is 22.9 Å². The van der Waals surface area contributed by atoms with E-state index in [4.69, 9.17) is 17.3 Å². The van der Waals surface area contributed by atoms with Gasteiger partial charge in [0, 0.05) is 10.9 Å². The van der Waals surface area contributed by atoms with Crippen molar-refractivity contribution in [1.29, 1.82) is 0 Å². The molecule has 1 saturated heterocycles. The van der Waals surface area contributed by atoms with Gasteiger partial charge in [0.25, 0.3) is 0 Å². The maximum absolute atomic E-state index is 6.43. The number of nitrogens with zero attached hydrogens (tertiary/aromatic N) is 1. The number of hydrogen-bond acceptors (Lipinski definition) is 3. The molecule has 4 heteroatoms. The number of halogens is 1. The van der Waals surface area contributed by atoms with Crippen molar-refractivity contribution in [2.45, 2.75) is 58.0 Å². The summed E-state index contributed by atoms with van der Waals surface area (Å²) in [6.07, 6.45) is 6.29. The van der Waals surface area contributed by atoms with E-state index in [2.05, 4.69) is 24.8 Å². The number of likely N-dealkylation sites (tertiary alicyclic amines) is 1. The van der Waals surface area contributed by atoms with Crippen molar-refractivity contribution in [3.8, 4) is 0 Å². The summed E-state index contributed by atoms with van der Waals surface area (Å²) >= 11 is 7.82. The fourth-order valence-corrected chi connectivity index (χ4v) is 4.52. The fraction of sp³-hybridized carbons (Fsp3) is 0.750. The second kappa shape index (κ2) is 7.79. The van der Waals surface area contributed by atoms with Crippen LogP contribution in [0.15, 0.2) is 12.1 Å². The summed E-state index contributed by atoms with van der Waals surface area (Å²) in [5, 5.41) is 0. The van der Waals surface area contributed by atoms with Gasteiger partial charge in [-0.3, -0.25) is 4.90 Å². The van der Waals surface area contributed by atoms with Crippen LogP contribution in [0.25, 0.3) is 0 Å². The lowest BCUT2D eigenvalue weighted by atomic mass is 9.98. The first-order valence-corrected chi connectivity index (χ1v) is 9.10. The van der Waals surface area contributed by atoms with Gasteiger partial charge in [0.1, 0.15) is 0 Å². The minimum absolute atomic E-state index is 0.197. The number of rotatable bonds is 5. The van der Waals surface area contributed by atoms with E-state index in [-0.39, 0.29) is 6.04 Å². The van der Waals surface area contributed by atoms with Crippen LogP contribution in [0.3, 0.4) is 0 Å². The standard InChI is InChI=1S/C16H27ClN2S/c1-3-12-6-5-10-19(11-9-12)16(13(18)4-2)14-7-8-15(17)20-14/h7-8,12-13,16H,3-6,9-11,18H2,1-2H3. The Morgan fingerprint density at radius 2 is 2.15 bits per heavy atom. The minimum Gasteiger partial charge on any atom is -0.326 e. The summed E-state index contributed by atoms with van der Waals surface area (Å²) in [6.45, 7) is 6.84. The smallest absolute Gasteiger partial charge is 0.0931 e. The molecule has 3 unspecified atom stereocenters. The van der Waals surface area contributed by atoms with Crippen LogP contribution >= 0.6 is 22.9 Å². The molecule has 2 heterocycles. The second-order valence-corrected chi connectivity index (χ2v) is 7.65. The number of thiophene rings is 1. The summed E-state index contributed by atoms with van der Waals surface area (Å²) in [5.41, 5.74) is 6.43. The average Bonchev–Trinajstić information content (AvgIpc) is 2.74. The van der Waals surface area contributed by atoms with Crippen LogP contribution in [0, 0.1) is 5.92 Å². The third kappa shape index (κ3) is 3.97. The van der Waals surface area contributed by atoms with Crippen molar-refractivity contribution < 1.29 is 0 Å². The summed E-state index contributed by atoms with van der Waals surface area (Å²) in [6, 6.07) is 4.70. The Morgan fingerprint density at radius 1 is 1.35 bits per heavy atom. The summed E-state index contributed by atoms with van der Waals surface area (Å²) < 4.78 is 0.870. The SMILES string of the molecule is CCC1CCCN(C(c2ccc(Cl)s2)C(N)CC)CC1. The molecule has 114 valence electrons. The highest BCUT2D eigenvalue weighted by Crippen LogP contribution is 2.35. The highest BCUT2D eigenvalue weighted by Gasteiger charge is 2.28. The Bertz CT molecular complexity index is 407. The van der Waals surface area contributed by atoms with Gasteiger partial charge in [-0.15, -0.1) is 11.3 Å². The van der Waals surface area contributed by atoms with E-state index in [9.17, 15) is 0 Å². The quantitative estimate of drug-likeness (QED) is 0.854. The van der Waals surface area contributed by atoms with Gasteiger partial charge < -0.3 is 5.73 Å². The zero-order chi connectivity index (χ0) is 14.5. The molecule has 2 rings (SSSR count). The first-order valence-electron chi connectivity index (χ1n) is 7.90. The van der Waals surface area contributed by atoms with Gasteiger partial charge in [-0.05, 0) is 56.8 Å². The van der Waals surface area contributed by atoms with Gasteiger partial charge >= 0.3 is 0 Å². The Kier molecular flexibility index (Phi) is 6.34. The molecule has 0 spiro atoms. The van der Waals surface area contributed by atoms with Gasteiger partial charge in [0.2, 0.25) is 0 Å². The third-order valence-corrected chi connectivity index (χ3v) is 5.92. The topological polar surface area (TPSA) is 29.3 Å². The molecule has 0 saturated carbocycles. The molecule has 20 heavy (non-hydrogen) atoms. The maximum atomic E-state index is 6.43. The number of hydrogen-bond donors (Lipinski definition) is 1. The van der Waals surface area contributed by atoms with Crippen molar-refractivity contribution in [3.63, 3.8) is 0 Å². The van der Waals surface area contributed by atoms with E-state index < -0.39 is 0 Å². The first kappa shape index (κ1) is 16.3. The molecule has 2 nitrogen and oxygen atoms in total. The predicted octanol–water partition coefficient (Wildman–Crippen LogP) is 4.69. The van der Waals surface area contributed by atoms with E-state index in [0.717, 1.165) is 16.7 Å². The Balaban J connectivity index is 2.14. The maximum Gasteiger partial charge on any atom is 0.0931 e. The molecule has 1 fully saturated rings. The molecular weight excluding hydrogens is 288 g/mol. The van der Waals surface area contributed by atoms with Gasteiger partial charge in [-0.1, -0.05) is 31.9 Å². The van der Waals surface area contributed by atoms with E-state index >= 15 is 0 Å². The van der Waals surface area contributed by atoms with Gasteiger partial charge in [0.05, 0.1) is 10.4 Å². The lowest BCUT2D eigenvalue weighted by molar-refractivity contribution is 0.176. The van der Waals surface area contributed by atoms with E-state index in [1.54, 1.807) is 11.3 Å². The normalized spacial score (nSPS) is 24.3. The van der Waals surface area contributed by atoms with Crippen LogP contribution < -0.4 is 5.73 Å². The Hall–Kier alpha value is -0.0900. The van der Waals surface area contributed by atoms with E-state index in [1.165, 1.54) is 43.6 Å². The van der Waals surface area contributed by atoms with Crippen LogP contribution in [0.4, 0.5) is 0 Å². The molecule has 1 aliphatic rings. The van der Waals surface area contributed by atoms with Gasteiger partial charge in [-0.25, -0.2) is 0 Å². The van der Waals surface area contributed by atoms with Gasteiger partial charge in [0.15, 0.2) is 0 Å². The first-order chi connectivity index (χ1) is 9.65. The molecular formula is C16H27ClN2S. The fourth-order valence-electron chi connectivity index (χ4n) is 3.25. The lowest BCUT2D eigenvalue weighted by Crippen LogP contribution is -2.41. The van der Waals surface area contributed by atoms with Gasteiger partial charge in [-0.2, -0.15) is 0 Å². The van der Waals surface area contributed by atoms with Crippen LogP contribution in [-0.4, -0.2) is 24.0 Å². The van der Waals surface area contributed by atoms with E-state index in [1.807, 2.05) is 6.07 Å². The van der Waals surface area contributed by atoms with Crippen molar-refractivity contribution in [2.24, 2.45) is 11.7 Å². The average molecular weight is 315 g/mol. The Labute approximate surface area is 132 Å². The van der Waals surface area contributed by atoms with E-state index in [0.29, 0.717) is 6.04 Å². The molecule has 0 aliphatic carbocycles.